The predicted octanol–water partition coefficient (Wildman–Crippen LogP) is 4.69. The van der Waals surface area contributed by atoms with E-state index in [-0.39, 0.29) is 24.9 Å². The van der Waals surface area contributed by atoms with Gasteiger partial charge in [0.2, 0.25) is 5.91 Å². The number of carbonyl (C=O) groups is 2. The number of rotatable bonds is 7. The van der Waals surface area contributed by atoms with E-state index < -0.39 is 0 Å². The van der Waals surface area contributed by atoms with Gasteiger partial charge in [-0.3, -0.25) is 9.59 Å². The number of anilines is 1. The van der Waals surface area contributed by atoms with Gasteiger partial charge in [0.15, 0.2) is 10.6 Å². The van der Waals surface area contributed by atoms with Crippen molar-refractivity contribution in [2.75, 3.05) is 5.32 Å². The Balaban J connectivity index is 1.73. The van der Waals surface area contributed by atoms with Crippen LogP contribution < -0.4 is 10.6 Å². The minimum atomic E-state index is -0.235. The lowest BCUT2D eigenvalue weighted by Crippen LogP contribution is -2.25. The first-order valence-corrected chi connectivity index (χ1v) is 11.5. The van der Waals surface area contributed by atoms with Crippen molar-refractivity contribution in [1.29, 1.82) is 0 Å². The molecular formula is C23H26BrN5O2S. The molecule has 7 nitrogen and oxygen atoms in total. The fraction of sp³-hybridized carbons (Fsp3) is 0.304. The third-order valence-electron chi connectivity index (χ3n) is 5.26. The van der Waals surface area contributed by atoms with Gasteiger partial charge in [-0.25, -0.2) is 4.68 Å². The average Bonchev–Trinajstić information content (AvgIpc) is 3.04. The van der Waals surface area contributed by atoms with E-state index >= 15 is 0 Å². The molecule has 0 aliphatic heterocycles. The number of nitrogens with zero attached hydrogens (tertiary/aromatic N) is 3. The summed E-state index contributed by atoms with van der Waals surface area (Å²) in [7, 11) is 0. The largest absolute Gasteiger partial charge is 0.345 e. The molecule has 0 bridgehead atoms. The van der Waals surface area contributed by atoms with E-state index in [1.54, 1.807) is 6.07 Å². The molecule has 2 aromatic carbocycles. The van der Waals surface area contributed by atoms with Gasteiger partial charge in [-0.1, -0.05) is 18.2 Å². The molecule has 3 aromatic rings. The maximum absolute atomic E-state index is 12.7. The van der Waals surface area contributed by atoms with E-state index in [2.05, 4.69) is 31.7 Å². The SMILES string of the molecule is CCn1c(CNC(=O)c2ccccc2C)nn(CC(=O)Nc2cc(C)c(C)cc2Br)c1=S. The van der Waals surface area contributed by atoms with E-state index in [9.17, 15) is 9.59 Å². The van der Waals surface area contributed by atoms with Crippen molar-refractivity contribution in [2.24, 2.45) is 0 Å². The standard InChI is InChI=1S/C23H26BrN5O2S/c1-5-28-20(12-25-22(31)17-9-7-6-8-14(17)2)27-29(23(28)32)13-21(30)26-19-11-16(4)15(3)10-18(19)24/h6-11H,5,12-13H2,1-4H3,(H,25,31)(H,26,30). The van der Waals surface area contributed by atoms with Crippen molar-refractivity contribution >= 4 is 45.6 Å². The molecule has 2 N–H and O–H groups in total. The number of hydrogen-bond donors (Lipinski definition) is 2. The maximum Gasteiger partial charge on any atom is 0.251 e. The molecule has 0 saturated heterocycles. The number of hydrogen-bond acceptors (Lipinski definition) is 4. The van der Waals surface area contributed by atoms with Crippen molar-refractivity contribution in [3.8, 4) is 0 Å². The number of aromatic nitrogens is 3. The fourth-order valence-electron chi connectivity index (χ4n) is 3.32. The number of halogens is 1. The normalized spacial score (nSPS) is 10.8. The Hall–Kier alpha value is -2.78. The second kappa shape index (κ2) is 10.2. The summed E-state index contributed by atoms with van der Waals surface area (Å²) in [6.07, 6.45) is 0. The summed E-state index contributed by atoms with van der Waals surface area (Å²) in [5.41, 5.74) is 4.44. The van der Waals surface area contributed by atoms with Crippen LogP contribution in [-0.4, -0.2) is 26.2 Å². The number of amides is 2. The zero-order chi connectivity index (χ0) is 23.4. The highest BCUT2D eigenvalue weighted by molar-refractivity contribution is 9.10. The Labute approximate surface area is 201 Å². The summed E-state index contributed by atoms with van der Waals surface area (Å²) in [4.78, 5) is 25.2. The lowest BCUT2D eigenvalue weighted by atomic mass is 10.1. The van der Waals surface area contributed by atoms with Gasteiger partial charge in [0.25, 0.3) is 5.91 Å². The molecule has 0 aliphatic carbocycles. The first kappa shape index (κ1) is 23.9. The Morgan fingerprint density at radius 2 is 1.78 bits per heavy atom. The van der Waals surface area contributed by atoms with E-state index in [1.165, 1.54) is 4.68 Å². The van der Waals surface area contributed by atoms with Gasteiger partial charge in [0.05, 0.1) is 12.2 Å². The number of carbonyl (C=O) groups excluding carboxylic acids is 2. The monoisotopic (exact) mass is 515 g/mol. The van der Waals surface area contributed by atoms with Crippen LogP contribution in [0.3, 0.4) is 0 Å². The molecule has 32 heavy (non-hydrogen) atoms. The fourth-order valence-corrected chi connectivity index (χ4v) is 4.22. The smallest absolute Gasteiger partial charge is 0.251 e. The molecule has 1 heterocycles. The highest BCUT2D eigenvalue weighted by Crippen LogP contribution is 2.26. The molecule has 0 atom stereocenters. The summed E-state index contributed by atoms with van der Waals surface area (Å²) in [5, 5.41) is 10.3. The van der Waals surface area contributed by atoms with Gasteiger partial charge < -0.3 is 15.2 Å². The van der Waals surface area contributed by atoms with Crippen LogP contribution >= 0.6 is 28.1 Å². The zero-order valence-electron chi connectivity index (χ0n) is 18.5. The summed E-state index contributed by atoms with van der Waals surface area (Å²) in [5.74, 6) is 0.185. The Kier molecular flexibility index (Phi) is 7.63. The summed E-state index contributed by atoms with van der Waals surface area (Å²) in [6, 6.07) is 11.3. The summed E-state index contributed by atoms with van der Waals surface area (Å²) >= 11 is 9.01. The van der Waals surface area contributed by atoms with Crippen LogP contribution in [0.25, 0.3) is 0 Å². The molecule has 0 fully saturated rings. The predicted molar refractivity (Wildman–Crippen MR) is 131 cm³/mol. The van der Waals surface area contributed by atoms with Gasteiger partial charge in [-0.15, -0.1) is 0 Å². The minimum Gasteiger partial charge on any atom is -0.345 e. The van der Waals surface area contributed by atoms with Crippen molar-refractivity contribution in [2.45, 2.75) is 47.3 Å². The van der Waals surface area contributed by atoms with Gasteiger partial charge in [0, 0.05) is 16.6 Å². The molecule has 2 amide bonds. The van der Waals surface area contributed by atoms with E-state index in [0.29, 0.717) is 28.4 Å². The summed E-state index contributed by atoms with van der Waals surface area (Å²) < 4.78 is 4.55. The first-order valence-electron chi connectivity index (χ1n) is 10.3. The third kappa shape index (κ3) is 5.34. The Bertz CT molecular complexity index is 1230. The number of nitrogens with one attached hydrogen (secondary N) is 2. The molecule has 9 heteroatoms. The van der Waals surface area contributed by atoms with Crippen LogP contribution in [0.2, 0.25) is 0 Å². The quantitative estimate of drug-likeness (QED) is 0.447. The molecule has 168 valence electrons. The topological polar surface area (TPSA) is 81.0 Å². The average molecular weight is 516 g/mol. The van der Waals surface area contributed by atoms with Crippen LogP contribution in [0.15, 0.2) is 40.9 Å². The molecule has 0 spiro atoms. The van der Waals surface area contributed by atoms with Crippen molar-refractivity contribution in [3.63, 3.8) is 0 Å². The molecule has 1 aromatic heterocycles. The van der Waals surface area contributed by atoms with Crippen molar-refractivity contribution in [1.82, 2.24) is 19.7 Å². The van der Waals surface area contributed by atoms with Crippen LogP contribution in [0.1, 0.15) is 39.8 Å². The second-order valence-corrected chi connectivity index (χ2v) is 8.78. The molecule has 0 unspecified atom stereocenters. The van der Waals surface area contributed by atoms with E-state index in [1.807, 2.05) is 62.6 Å². The molecule has 3 rings (SSSR count). The van der Waals surface area contributed by atoms with Crippen LogP contribution in [-0.2, 0) is 24.4 Å². The Morgan fingerprint density at radius 3 is 2.47 bits per heavy atom. The minimum absolute atomic E-state index is 0.0239. The van der Waals surface area contributed by atoms with Crippen molar-refractivity contribution in [3.05, 3.63) is 73.7 Å². The van der Waals surface area contributed by atoms with Crippen LogP contribution in [0, 0.1) is 25.5 Å². The lowest BCUT2D eigenvalue weighted by molar-refractivity contribution is -0.116. The third-order valence-corrected chi connectivity index (χ3v) is 6.35. The highest BCUT2D eigenvalue weighted by Gasteiger charge is 2.15. The van der Waals surface area contributed by atoms with E-state index in [0.717, 1.165) is 21.2 Å². The van der Waals surface area contributed by atoms with Crippen molar-refractivity contribution < 1.29 is 9.59 Å². The second-order valence-electron chi connectivity index (χ2n) is 7.56. The Morgan fingerprint density at radius 1 is 1.09 bits per heavy atom. The van der Waals surface area contributed by atoms with Crippen LogP contribution in [0.4, 0.5) is 5.69 Å². The number of benzene rings is 2. The molecular weight excluding hydrogens is 490 g/mol. The van der Waals surface area contributed by atoms with Gasteiger partial charge in [0.1, 0.15) is 6.54 Å². The lowest BCUT2D eigenvalue weighted by Gasteiger charge is -2.10. The van der Waals surface area contributed by atoms with Gasteiger partial charge >= 0.3 is 0 Å². The first-order chi connectivity index (χ1) is 15.2. The van der Waals surface area contributed by atoms with Gasteiger partial charge in [-0.05, 0) is 90.7 Å². The van der Waals surface area contributed by atoms with Crippen LogP contribution in [0.5, 0.6) is 0 Å². The summed E-state index contributed by atoms with van der Waals surface area (Å²) in [6.45, 7) is 8.62. The zero-order valence-corrected chi connectivity index (χ0v) is 20.9. The highest BCUT2D eigenvalue weighted by atomic mass is 79.9. The molecule has 0 radical (unpaired) electrons. The maximum atomic E-state index is 12.7. The molecule has 0 aliphatic rings. The van der Waals surface area contributed by atoms with Gasteiger partial charge in [-0.2, -0.15) is 5.10 Å². The van der Waals surface area contributed by atoms with E-state index in [4.69, 9.17) is 12.2 Å². The molecule has 0 saturated carbocycles. The number of aryl methyl sites for hydroxylation is 3.